The molecule has 7 nitrogen and oxygen atoms in total. The molecule has 1 aliphatic rings. The Bertz CT molecular complexity index is 916. The lowest BCUT2D eigenvalue weighted by molar-refractivity contribution is -0.117. The number of thiophene rings is 1. The first-order valence-electron chi connectivity index (χ1n) is 8.54. The fraction of sp³-hybridized carbons (Fsp3) is 0.316. The predicted octanol–water partition coefficient (Wildman–Crippen LogP) is 3.26. The Morgan fingerprint density at radius 2 is 2.04 bits per heavy atom. The number of carbonyl (C=O) groups is 1. The molecular formula is C19H19N3O4S. The van der Waals surface area contributed by atoms with Gasteiger partial charge in [0.1, 0.15) is 11.5 Å². The minimum absolute atomic E-state index is 0.0138. The summed E-state index contributed by atoms with van der Waals surface area (Å²) in [6.45, 7) is 0.493. The number of aromatic nitrogens is 2. The number of rotatable bonds is 6. The lowest BCUT2D eigenvalue weighted by Crippen LogP contribution is -2.24. The molecule has 1 fully saturated rings. The van der Waals surface area contributed by atoms with Crippen LogP contribution in [0.4, 0.5) is 5.69 Å². The van der Waals surface area contributed by atoms with Crippen LogP contribution in [-0.4, -0.2) is 36.8 Å². The molecule has 1 unspecified atom stereocenters. The summed E-state index contributed by atoms with van der Waals surface area (Å²) in [5.41, 5.74) is 0.737. The highest BCUT2D eigenvalue weighted by Crippen LogP contribution is 2.35. The molecule has 2 aromatic heterocycles. The van der Waals surface area contributed by atoms with Crippen LogP contribution < -0.4 is 14.4 Å². The summed E-state index contributed by atoms with van der Waals surface area (Å²) in [6.07, 6.45) is 0.958. The van der Waals surface area contributed by atoms with Gasteiger partial charge in [0.05, 0.1) is 26.3 Å². The smallest absolute Gasteiger partial charge is 0.231 e. The number of amides is 1. The zero-order valence-corrected chi connectivity index (χ0v) is 15.9. The molecule has 0 radical (unpaired) electrons. The zero-order chi connectivity index (χ0) is 18.8. The molecule has 8 heteroatoms. The maximum absolute atomic E-state index is 12.6. The highest BCUT2D eigenvalue weighted by molar-refractivity contribution is 7.09. The van der Waals surface area contributed by atoms with Crippen molar-refractivity contribution in [3.8, 4) is 11.5 Å². The van der Waals surface area contributed by atoms with Crippen molar-refractivity contribution in [1.82, 2.24) is 10.1 Å². The number of ether oxygens (including phenoxy) is 2. The molecule has 140 valence electrons. The number of hydrogen-bond acceptors (Lipinski definition) is 7. The lowest BCUT2D eigenvalue weighted by atomic mass is 10.1. The maximum atomic E-state index is 12.6. The maximum Gasteiger partial charge on any atom is 0.231 e. The van der Waals surface area contributed by atoms with Crippen molar-refractivity contribution in [2.75, 3.05) is 25.7 Å². The van der Waals surface area contributed by atoms with Gasteiger partial charge in [-0.1, -0.05) is 11.2 Å². The molecule has 1 amide bonds. The highest BCUT2D eigenvalue weighted by atomic mass is 32.1. The van der Waals surface area contributed by atoms with Gasteiger partial charge in [-0.15, -0.1) is 11.3 Å². The van der Waals surface area contributed by atoms with Crippen LogP contribution >= 0.6 is 11.3 Å². The Morgan fingerprint density at radius 3 is 2.70 bits per heavy atom. The first kappa shape index (κ1) is 17.5. The van der Waals surface area contributed by atoms with Crippen molar-refractivity contribution in [3.05, 3.63) is 52.3 Å². The molecule has 1 saturated heterocycles. The van der Waals surface area contributed by atoms with Gasteiger partial charge < -0.3 is 18.9 Å². The van der Waals surface area contributed by atoms with Crippen molar-refractivity contribution >= 4 is 22.9 Å². The lowest BCUT2D eigenvalue weighted by Gasteiger charge is -2.18. The second-order valence-corrected chi connectivity index (χ2v) is 7.31. The SMILES string of the molecule is COc1cc(OC)cc(N2CC(c3noc(Cc4cccs4)n3)CC2=O)c1. The molecule has 0 spiro atoms. The van der Waals surface area contributed by atoms with E-state index >= 15 is 0 Å². The van der Waals surface area contributed by atoms with E-state index in [4.69, 9.17) is 14.0 Å². The zero-order valence-electron chi connectivity index (χ0n) is 15.0. The van der Waals surface area contributed by atoms with E-state index in [0.29, 0.717) is 42.6 Å². The number of nitrogens with zero attached hydrogens (tertiary/aromatic N) is 3. The van der Waals surface area contributed by atoms with Crippen LogP contribution in [0.25, 0.3) is 0 Å². The van der Waals surface area contributed by atoms with Gasteiger partial charge >= 0.3 is 0 Å². The van der Waals surface area contributed by atoms with E-state index in [1.54, 1.807) is 36.5 Å². The molecule has 3 heterocycles. The fourth-order valence-electron chi connectivity index (χ4n) is 3.15. The Hall–Kier alpha value is -2.87. The quantitative estimate of drug-likeness (QED) is 0.648. The van der Waals surface area contributed by atoms with Crippen molar-refractivity contribution in [2.24, 2.45) is 0 Å². The first-order chi connectivity index (χ1) is 13.2. The summed E-state index contributed by atoms with van der Waals surface area (Å²) in [4.78, 5) is 20.0. The molecule has 27 heavy (non-hydrogen) atoms. The van der Waals surface area contributed by atoms with Crippen molar-refractivity contribution in [1.29, 1.82) is 0 Å². The topological polar surface area (TPSA) is 77.7 Å². The minimum atomic E-state index is -0.101. The third-order valence-corrected chi connectivity index (χ3v) is 5.40. The molecule has 1 aromatic carbocycles. The van der Waals surface area contributed by atoms with Gasteiger partial charge in [0.15, 0.2) is 5.82 Å². The Morgan fingerprint density at radius 1 is 1.26 bits per heavy atom. The summed E-state index contributed by atoms with van der Waals surface area (Å²) < 4.78 is 16.0. The monoisotopic (exact) mass is 385 g/mol. The molecule has 1 aliphatic heterocycles. The average Bonchev–Trinajstić information content (AvgIpc) is 3.43. The number of hydrogen-bond donors (Lipinski definition) is 0. The van der Waals surface area contributed by atoms with E-state index < -0.39 is 0 Å². The molecule has 0 N–H and O–H groups in total. The number of anilines is 1. The Labute approximate surface area is 160 Å². The Balaban J connectivity index is 1.52. The number of benzene rings is 1. The normalized spacial score (nSPS) is 16.7. The van der Waals surface area contributed by atoms with Gasteiger partial charge in [-0.2, -0.15) is 4.98 Å². The summed E-state index contributed by atoms with van der Waals surface area (Å²) in [5, 5.41) is 6.12. The minimum Gasteiger partial charge on any atom is -0.497 e. The van der Waals surface area contributed by atoms with Gasteiger partial charge in [-0.05, 0) is 11.4 Å². The molecule has 0 bridgehead atoms. The second kappa shape index (κ2) is 7.40. The van der Waals surface area contributed by atoms with E-state index in [1.165, 1.54) is 0 Å². The molecule has 0 saturated carbocycles. The van der Waals surface area contributed by atoms with Crippen LogP contribution in [0.2, 0.25) is 0 Å². The van der Waals surface area contributed by atoms with Crippen LogP contribution in [0.5, 0.6) is 11.5 Å². The molecular weight excluding hydrogens is 366 g/mol. The third-order valence-electron chi connectivity index (χ3n) is 4.53. The summed E-state index contributed by atoms with van der Waals surface area (Å²) in [6, 6.07) is 9.44. The van der Waals surface area contributed by atoms with Crippen LogP contribution in [0.15, 0.2) is 40.2 Å². The fourth-order valence-corrected chi connectivity index (χ4v) is 3.84. The molecule has 1 atom stereocenters. The third kappa shape index (κ3) is 3.66. The largest absolute Gasteiger partial charge is 0.497 e. The van der Waals surface area contributed by atoms with E-state index in [9.17, 15) is 4.79 Å². The molecule has 4 rings (SSSR count). The van der Waals surface area contributed by atoms with Crippen LogP contribution in [-0.2, 0) is 11.2 Å². The van der Waals surface area contributed by atoms with Gasteiger partial charge in [0.2, 0.25) is 11.8 Å². The van der Waals surface area contributed by atoms with Crippen molar-refractivity contribution < 1.29 is 18.8 Å². The van der Waals surface area contributed by atoms with Gasteiger partial charge in [0.25, 0.3) is 0 Å². The predicted molar refractivity (Wildman–Crippen MR) is 101 cm³/mol. The van der Waals surface area contributed by atoms with Crippen LogP contribution in [0.3, 0.4) is 0 Å². The second-order valence-electron chi connectivity index (χ2n) is 6.28. The average molecular weight is 385 g/mol. The summed E-state index contributed by atoms with van der Waals surface area (Å²) in [7, 11) is 3.17. The van der Waals surface area contributed by atoms with Gasteiger partial charge in [0, 0.05) is 42.0 Å². The van der Waals surface area contributed by atoms with Crippen molar-refractivity contribution in [3.63, 3.8) is 0 Å². The van der Waals surface area contributed by atoms with Crippen LogP contribution in [0.1, 0.15) is 28.9 Å². The summed E-state index contributed by atoms with van der Waals surface area (Å²) >= 11 is 1.65. The van der Waals surface area contributed by atoms with E-state index in [-0.39, 0.29) is 11.8 Å². The van der Waals surface area contributed by atoms with Crippen LogP contribution in [0, 0.1) is 0 Å². The van der Waals surface area contributed by atoms with E-state index in [0.717, 1.165) is 10.6 Å². The molecule has 3 aromatic rings. The van der Waals surface area contributed by atoms with Gasteiger partial charge in [-0.25, -0.2) is 0 Å². The van der Waals surface area contributed by atoms with E-state index in [1.807, 2.05) is 29.6 Å². The number of carbonyl (C=O) groups excluding carboxylic acids is 1. The molecule has 0 aliphatic carbocycles. The van der Waals surface area contributed by atoms with E-state index in [2.05, 4.69) is 10.1 Å². The Kier molecular flexibility index (Phi) is 4.81. The van der Waals surface area contributed by atoms with Crippen molar-refractivity contribution in [2.45, 2.75) is 18.8 Å². The number of methoxy groups -OCH3 is 2. The summed E-state index contributed by atoms with van der Waals surface area (Å²) in [5.74, 6) is 2.33. The first-order valence-corrected chi connectivity index (χ1v) is 9.42. The van der Waals surface area contributed by atoms with Gasteiger partial charge in [-0.3, -0.25) is 4.79 Å². The standard InChI is InChI=1S/C19H19N3O4S/c1-24-14-7-13(8-15(9-14)25-2)22-11-12(6-18(22)23)19-20-17(26-21-19)10-16-4-3-5-27-16/h3-5,7-9,12H,6,10-11H2,1-2H3. The highest BCUT2D eigenvalue weighted by Gasteiger charge is 2.35.